The molecular formula is C14H18N2O2. The van der Waals surface area contributed by atoms with Crippen molar-refractivity contribution in [3.63, 3.8) is 0 Å². The summed E-state index contributed by atoms with van der Waals surface area (Å²) in [6.07, 6.45) is 2.46. The Morgan fingerprint density at radius 3 is 3.11 bits per heavy atom. The summed E-state index contributed by atoms with van der Waals surface area (Å²) in [6.45, 7) is 3.47. The monoisotopic (exact) mass is 246 g/mol. The summed E-state index contributed by atoms with van der Waals surface area (Å²) in [6, 6.07) is 5.90. The zero-order chi connectivity index (χ0) is 12.5. The molecule has 2 N–H and O–H groups in total. The first-order chi connectivity index (χ1) is 8.75. The number of carbonyl (C=O) groups excluding carboxylic acids is 1. The summed E-state index contributed by atoms with van der Waals surface area (Å²) in [7, 11) is 0. The molecule has 3 rings (SSSR count). The van der Waals surface area contributed by atoms with Crippen LogP contribution in [0.25, 0.3) is 0 Å². The van der Waals surface area contributed by atoms with E-state index in [-0.39, 0.29) is 11.9 Å². The largest absolute Gasteiger partial charge is 0.489 e. The van der Waals surface area contributed by atoms with Crippen molar-refractivity contribution in [3.05, 3.63) is 23.8 Å². The molecule has 1 unspecified atom stereocenters. The zero-order valence-corrected chi connectivity index (χ0v) is 10.5. The van der Waals surface area contributed by atoms with E-state index >= 15 is 0 Å². The molecule has 0 saturated heterocycles. The molecule has 1 aromatic carbocycles. The number of rotatable bonds is 3. The third-order valence-electron chi connectivity index (χ3n) is 3.61. The van der Waals surface area contributed by atoms with Gasteiger partial charge < -0.3 is 15.4 Å². The number of ether oxygens (including phenoxy) is 1. The SMILES string of the molecule is CC(NC(=O)c1cccc2c1OCCN2)C1CC1. The van der Waals surface area contributed by atoms with Gasteiger partial charge in [-0.05, 0) is 37.8 Å². The molecule has 1 saturated carbocycles. The van der Waals surface area contributed by atoms with Gasteiger partial charge in [-0.2, -0.15) is 0 Å². The van der Waals surface area contributed by atoms with E-state index in [9.17, 15) is 4.79 Å². The minimum atomic E-state index is -0.0325. The average Bonchev–Trinajstić information content (AvgIpc) is 3.22. The molecule has 18 heavy (non-hydrogen) atoms. The van der Waals surface area contributed by atoms with Crippen LogP contribution < -0.4 is 15.4 Å². The van der Waals surface area contributed by atoms with E-state index in [0.29, 0.717) is 23.8 Å². The smallest absolute Gasteiger partial charge is 0.255 e. The summed E-state index contributed by atoms with van der Waals surface area (Å²) >= 11 is 0. The number of fused-ring (bicyclic) bond motifs is 1. The fourth-order valence-corrected chi connectivity index (χ4v) is 2.35. The molecule has 1 aliphatic carbocycles. The molecule has 2 aliphatic rings. The number of nitrogens with one attached hydrogen (secondary N) is 2. The Balaban J connectivity index is 1.80. The maximum Gasteiger partial charge on any atom is 0.255 e. The number of hydrogen-bond acceptors (Lipinski definition) is 3. The number of amides is 1. The van der Waals surface area contributed by atoms with Crippen LogP contribution in [0.1, 0.15) is 30.1 Å². The Bertz CT molecular complexity index is 469. The average molecular weight is 246 g/mol. The van der Waals surface area contributed by atoms with Crippen LogP contribution in [0.2, 0.25) is 0 Å². The van der Waals surface area contributed by atoms with Gasteiger partial charge in [-0.25, -0.2) is 0 Å². The highest BCUT2D eigenvalue weighted by atomic mass is 16.5. The first-order valence-electron chi connectivity index (χ1n) is 6.56. The number of benzene rings is 1. The van der Waals surface area contributed by atoms with Gasteiger partial charge in [0.15, 0.2) is 5.75 Å². The van der Waals surface area contributed by atoms with Crippen LogP contribution in [0.4, 0.5) is 5.69 Å². The quantitative estimate of drug-likeness (QED) is 0.858. The van der Waals surface area contributed by atoms with Gasteiger partial charge in [0, 0.05) is 12.6 Å². The molecule has 4 nitrogen and oxygen atoms in total. The molecule has 0 spiro atoms. The van der Waals surface area contributed by atoms with Crippen LogP contribution in [-0.2, 0) is 0 Å². The van der Waals surface area contributed by atoms with Gasteiger partial charge >= 0.3 is 0 Å². The van der Waals surface area contributed by atoms with E-state index in [1.807, 2.05) is 18.2 Å². The molecule has 1 heterocycles. The van der Waals surface area contributed by atoms with Gasteiger partial charge in [0.05, 0.1) is 11.3 Å². The maximum absolute atomic E-state index is 12.2. The van der Waals surface area contributed by atoms with Gasteiger partial charge in [0.1, 0.15) is 6.61 Å². The van der Waals surface area contributed by atoms with Crippen molar-refractivity contribution in [3.8, 4) is 5.75 Å². The zero-order valence-electron chi connectivity index (χ0n) is 10.5. The Morgan fingerprint density at radius 1 is 1.50 bits per heavy atom. The maximum atomic E-state index is 12.2. The minimum absolute atomic E-state index is 0.0325. The highest BCUT2D eigenvalue weighted by Crippen LogP contribution is 2.34. The van der Waals surface area contributed by atoms with E-state index in [2.05, 4.69) is 17.6 Å². The summed E-state index contributed by atoms with van der Waals surface area (Å²) in [4.78, 5) is 12.2. The normalized spacial score (nSPS) is 19.2. The van der Waals surface area contributed by atoms with E-state index in [1.165, 1.54) is 12.8 Å². The van der Waals surface area contributed by atoms with E-state index < -0.39 is 0 Å². The topological polar surface area (TPSA) is 50.4 Å². The Hall–Kier alpha value is -1.71. The van der Waals surface area contributed by atoms with E-state index in [0.717, 1.165) is 12.2 Å². The van der Waals surface area contributed by atoms with Crippen LogP contribution in [-0.4, -0.2) is 25.1 Å². The summed E-state index contributed by atoms with van der Waals surface area (Å²) in [5.74, 6) is 1.31. The van der Waals surface area contributed by atoms with Crippen molar-refractivity contribution in [2.75, 3.05) is 18.5 Å². The number of carbonyl (C=O) groups is 1. The van der Waals surface area contributed by atoms with Crippen LogP contribution in [0.15, 0.2) is 18.2 Å². The molecule has 0 aromatic heterocycles. The van der Waals surface area contributed by atoms with Crippen molar-refractivity contribution < 1.29 is 9.53 Å². The first kappa shape index (κ1) is 11.4. The summed E-state index contributed by atoms with van der Waals surface area (Å²) in [5.41, 5.74) is 1.54. The van der Waals surface area contributed by atoms with Crippen LogP contribution in [0, 0.1) is 5.92 Å². The van der Waals surface area contributed by atoms with Gasteiger partial charge in [-0.3, -0.25) is 4.79 Å². The summed E-state index contributed by atoms with van der Waals surface area (Å²) in [5, 5.41) is 6.30. The fourth-order valence-electron chi connectivity index (χ4n) is 2.35. The molecule has 96 valence electrons. The third-order valence-corrected chi connectivity index (χ3v) is 3.61. The van der Waals surface area contributed by atoms with Crippen molar-refractivity contribution in [1.82, 2.24) is 5.32 Å². The second-order valence-corrected chi connectivity index (χ2v) is 5.06. The lowest BCUT2D eigenvalue weighted by atomic mass is 10.1. The number of anilines is 1. The van der Waals surface area contributed by atoms with E-state index in [1.54, 1.807) is 0 Å². The Labute approximate surface area is 107 Å². The lowest BCUT2D eigenvalue weighted by Crippen LogP contribution is -2.34. The van der Waals surface area contributed by atoms with Crippen LogP contribution >= 0.6 is 0 Å². The highest BCUT2D eigenvalue weighted by Gasteiger charge is 2.30. The van der Waals surface area contributed by atoms with Crippen molar-refractivity contribution in [1.29, 1.82) is 0 Å². The lowest BCUT2D eigenvalue weighted by molar-refractivity contribution is 0.0931. The molecule has 1 amide bonds. The third kappa shape index (κ3) is 2.15. The van der Waals surface area contributed by atoms with Gasteiger partial charge in [0.2, 0.25) is 0 Å². The molecule has 1 fully saturated rings. The minimum Gasteiger partial charge on any atom is -0.489 e. The van der Waals surface area contributed by atoms with Crippen molar-refractivity contribution >= 4 is 11.6 Å². The first-order valence-corrected chi connectivity index (χ1v) is 6.56. The molecular weight excluding hydrogens is 228 g/mol. The van der Waals surface area contributed by atoms with Gasteiger partial charge in [-0.1, -0.05) is 6.07 Å². The predicted molar refractivity (Wildman–Crippen MR) is 70.1 cm³/mol. The fraction of sp³-hybridized carbons (Fsp3) is 0.500. The molecule has 1 aromatic rings. The standard InChI is InChI=1S/C14H18N2O2/c1-9(10-5-6-10)16-14(17)11-3-2-4-12-13(11)18-8-7-15-12/h2-4,9-10,15H,5-8H2,1H3,(H,16,17). The van der Waals surface area contributed by atoms with Gasteiger partial charge in [-0.15, -0.1) is 0 Å². The second-order valence-electron chi connectivity index (χ2n) is 5.06. The molecule has 0 radical (unpaired) electrons. The van der Waals surface area contributed by atoms with Crippen LogP contribution in [0.3, 0.4) is 0 Å². The molecule has 1 aliphatic heterocycles. The summed E-state index contributed by atoms with van der Waals surface area (Å²) < 4.78 is 5.61. The van der Waals surface area contributed by atoms with Crippen LogP contribution in [0.5, 0.6) is 5.75 Å². The van der Waals surface area contributed by atoms with Crippen molar-refractivity contribution in [2.45, 2.75) is 25.8 Å². The molecule has 1 atom stereocenters. The van der Waals surface area contributed by atoms with E-state index in [4.69, 9.17) is 4.74 Å². The lowest BCUT2D eigenvalue weighted by Gasteiger charge is -2.22. The Morgan fingerprint density at radius 2 is 2.33 bits per heavy atom. The van der Waals surface area contributed by atoms with Crippen molar-refractivity contribution in [2.24, 2.45) is 5.92 Å². The molecule has 0 bridgehead atoms. The second kappa shape index (κ2) is 4.52. The molecule has 4 heteroatoms. The van der Waals surface area contributed by atoms with Gasteiger partial charge in [0.25, 0.3) is 5.91 Å². The Kier molecular flexibility index (Phi) is 2.86. The number of para-hydroxylation sites is 1. The highest BCUT2D eigenvalue weighted by molar-refractivity contribution is 5.99. The predicted octanol–water partition coefficient (Wildman–Crippen LogP) is 2.02. The number of hydrogen-bond donors (Lipinski definition) is 2.